The molecule has 172 valence electrons. The van der Waals surface area contributed by atoms with E-state index in [0.717, 1.165) is 38.5 Å². The van der Waals surface area contributed by atoms with Gasteiger partial charge < -0.3 is 15.7 Å². The van der Waals surface area contributed by atoms with Crippen LogP contribution in [0.2, 0.25) is 5.02 Å². The molecular weight excluding hydrogens is 449 g/mol. The normalized spacial score (nSPS) is 26.5. The van der Waals surface area contributed by atoms with E-state index in [1.54, 1.807) is 6.07 Å². The summed E-state index contributed by atoms with van der Waals surface area (Å²) in [6, 6.07) is 1.49. The zero-order valence-electron chi connectivity index (χ0n) is 17.7. The molecule has 33 heavy (non-hydrogen) atoms. The number of fused-ring (bicyclic) bond motifs is 4. The summed E-state index contributed by atoms with van der Waals surface area (Å²) in [5, 5.41) is 24.4. The van der Waals surface area contributed by atoms with Crippen molar-refractivity contribution < 1.29 is 14.3 Å². The molecule has 4 aliphatic carbocycles. The Kier molecular flexibility index (Phi) is 4.86. The molecule has 0 spiro atoms. The molecule has 9 nitrogen and oxygen atoms in total. The van der Waals surface area contributed by atoms with Crippen molar-refractivity contribution in [1.82, 2.24) is 25.1 Å². The van der Waals surface area contributed by atoms with Gasteiger partial charge in [-0.05, 0) is 56.4 Å². The number of H-pyrrole nitrogens is 1. The second kappa shape index (κ2) is 7.79. The van der Waals surface area contributed by atoms with E-state index in [0.29, 0.717) is 21.7 Å². The second-order valence-electron chi connectivity index (χ2n) is 9.31. The maximum absolute atomic E-state index is 15.5. The number of nitrogens with one attached hydrogen (secondary N) is 3. The molecule has 4 N–H and O–H groups in total. The Morgan fingerprint density at radius 2 is 1.79 bits per heavy atom. The van der Waals surface area contributed by atoms with E-state index in [2.05, 4.69) is 35.8 Å². The van der Waals surface area contributed by atoms with Crippen molar-refractivity contribution in [3.8, 4) is 11.5 Å². The highest BCUT2D eigenvalue weighted by Crippen LogP contribution is 2.46. The molecule has 4 aliphatic rings. The molecule has 2 atom stereocenters. The second-order valence-corrected chi connectivity index (χ2v) is 9.74. The maximum Gasteiger partial charge on any atom is 0.308 e. The van der Waals surface area contributed by atoms with Crippen LogP contribution in [0, 0.1) is 23.6 Å². The number of nitrogens with zero attached hydrogens (tertiary/aromatic N) is 4. The molecule has 0 radical (unpaired) electrons. The van der Waals surface area contributed by atoms with Gasteiger partial charge in [0.05, 0.1) is 16.3 Å². The first-order chi connectivity index (χ1) is 16.0. The lowest BCUT2D eigenvalue weighted by molar-refractivity contribution is -0.148. The average molecular weight is 472 g/mol. The molecule has 3 heterocycles. The predicted octanol–water partition coefficient (Wildman–Crippen LogP) is 4.08. The molecule has 7 rings (SSSR count). The number of rotatable bonds is 6. The smallest absolute Gasteiger partial charge is 0.308 e. The predicted molar refractivity (Wildman–Crippen MR) is 121 cm³/mol. The Bertz CT molecular complexity index is 1240. The van der Waals surface area contributed by atoms with Crippen LogP contribution < -0.4 is 10.6 Å². The number of hydrogen-bond donors (Lipinski definition) is 4. The van der Waals surface area contributed by atoms with E-state index in [4.69, 9.17) is 11.6 Å². The Morgan fingerprint density at radius 3 is 2.48 bits per heavy atom. The van der Waals surface area contributed by atoms with Gasteiger partial charge in [0, 0.05) is 18.3 Å². The van der Waals surface area contributed by atoms with E-state index in [9.17, 15) is 9.90 Å². The van der Waals surface area contributed by atoms with Crippen LogP contribution in [0.25, 0.3) is 22.6 Å². The van der Waals surface area contributed by atoms with Crippen molar-refractivity contribution in [2.45, 2.75) is 50.6 Å². The van der Waals surface area contributed by atoms with Crippen molar-refractivity contribution in [3.63, 3.8) is 0 Å². The van der Waals surface area contributed by atoms with Crippen LogP contribution in [0.4, 0.5) is 16.0 Å². The molecule has 3 aromatic rings. The molecule has 0 aliphatic heterocycles. The van der Waals surface area contributed by atoms with E-state index in [1.165, 1.54) is 6.20 Å². The van der Waals surface area contributed by atoms with Crippen LogP contribution in [-0.4, -0.2) is 48.3 Å². The van der Waals surface area contributed by atoms with Crippen molar-refractivity contribution in [1.29, 1.82) is 0 Å². The van der Waals surface area contributed by atoms with Crippen LogP contribution in [0.1, 0.15) is 38.5 Å². The summed E-state index contributed by atoms with van der Waals surface area (Å²) in [6.45, 7) is 0. The standard InChI is InChI=1S/C22H23ClFN7O2/c23-11-7-13-17(30-31-18(13)25-8-11)21-28-19(26-12-5-6-12)15(24)20(29-21)27-16-10-3-1-9(2-4-10)14(16)22(32)33/h7-10,12,14,16H,1-6H2,(H,32,33)(H,25,30,31)(H2,26,27,28,29)/t9?,10?,14-,16-/m0/s1. The van der Waals surface area contributed by atoms with Gasteiger partial charge in [0.2, 0.25) is 5.82 Å². The van der Waals surface area contributed by atoms with Crippen molar-refractivity contribution in [3.05, 3.63) is 23.1 Å². The molecule has 0 amide bonds. The van der Waals surface area contributed by atoms with Gasteiger partial charge in [0.15, 0.2) is 23.1 Å². The largest absolute Gasteiger partial charge is 0.481 e. The fraction of sp³-hybridized carbons (Fsp3) is 0.500. The Balaban J connectivity index is 1.43. The van der Waals surface area contributed by atoms with Crippen molar-refractivity contribution in [2.24, 2.45) is 17.8 Å². The minimum Gasteiger partial charge on any atom is -0.481 e. The number of aromatic amines is 1. The van der Waals surface area contributed by atoms with Crippen molar-refractivity contribution >= 4 is 40.2 Å². The number of aliphatic carboxylic acids is 1. The van der Waals surface area contributed by atoms with Gasteiger partial charge in [-0.15, -0.1) is 0 Å². The number of carboxylic acids is 1. The molecule has 11 heteroatoms. The number of pyridine rings is 1. The Labute approximate surface area is 193 Å². The molecule has 0 unspecified atom stereocenters. The van der Waals surface area contributed by atoms with Crippen LogP contribution >= 0.6 is 11.6 Å². The summed E-state index contributed by atoms with van der Waals surface area (Å²) in [5.41, 5.74) is 0.922. The SMILES string of the molecule is O=C(O)[C@H]1C2CCC(CC2)[C@@H]1Nc1nc(-c2n[nH]c3ncc(Cl)cc23)nc(NC2CC2)c1F. The lowest BCUT2D eigenvalue weighted by Crippen LogP contribution is -2.51. The number of aromatic nitrogens is 5. The minimum absolute atomic E-state index is 0.00177. The zero-order chi connectivity index (χ0) is 22.7. The first-order valence-electron chi connectivity index (χ1n) is 11.3. The number of carbonyl (C=O) groups is 1. The van der Waals surface area contributed by atoms with E-state index in [1.807, 2.05) is 0 Å². The van der Waals surface area contributed by atoms with Gasteiger partial charge in [0.1, 0.15) is 5.69 Å². The zero-order valence-corrected chi connectivity index (χ0v) is 18.4. The minimum atomic E-state index is -0.841. The van der Waals surface area contributed by atoms with Crippen LogP contribution in [-0.2, 0) is 4.79 Å². The highest BCUT2D eigenvalue weighted by Gasteiger charge is 2.47. The third kappa shape index (κ3) is 3.66. The van der Waals surface area contributed by atoms with E-state index >= 15 is 4.39 Å². The summed E-state index contributed by atoms with van der Waals surface area (Å²) >= 11 is 6.13. The van der Waals surface area contributed by atoms with Gasteiger partial charge in [-0.2, -0.15) is 9.49 Å². The van der Waals surface area contributed by atoms with Gasteiger partial charge >= 0.3 is 5.97 Å². The maximum atomic E-state index is 15.5. The summed E-state index contributed by atoms with van der Waals surface area (Å²) in [6.07, 6.45) is 7.08. The van der Waals surface area contributed by atoms with Gasteiger partial charge in [0.25, 0.3) is 0 Å². The number of anilines is 2. The van der Waals surface area contributed by atoms with E-state index in [-0.39, 0.29) is 41.4 Å². The van der Waals surface area contributed by atoms with Gasteiger partial charge in [-0.3, -0.25) is 9.89 Å². The fourth-order valence-corrected chi connectivity index (χ4v) is 5.54. The number of carboxylic acid groups (broad SMARTS) is 1. The number of hydrogen-bond acceptors (Lipinski definition) is 7. The summed E-state index contributed by atoms with van der Waals surface area (Å²) in [7, 11) is 0. The summed E-state index contributed by atoms with van der Waals surface area (Å²) < 4.78 is 15.5. The van der Waals surface area contributed by atoms with Crippen molar-refractivity contribution in [2.75, 3.05) is 10.6 Å². The molecule has 3 aromatic heterocycles. The highest BCUT2D eigenvalue weighted by molar-refractivity contribution is 6.31. The molecule has 0 aromatic carbocycles. The third-order valence-corrected chi connectivity index (χ3v) is 7.38. The Hall–Kier alpha value is -3.01. The fourth-order valence-electron chi connectivity index (χ4n) is 5.38. The molecular formula is C22H23ClFN7O2. The van der Waals surface area contributed by atoms with Crippen LogP contribution in [0.5, 0.6) is 0 Å². The monoisotopic (exact) mass is 471 g/mol. The Morgan fingerprint density at radius 1 is 1.09 bits per heavy atom. The first kappa shape index (κ1) is 20.6. The number of halogens is 2. The molecule has 2 bridgehead atoms. The van der Waals surface area contributed by atoms with Crippen LogP contribution in [0.15, 0.2) is 12.3 Å². The molecule has 0 saturated heterocycles. The third-order valence-electron chi connectivity index (χ3n) is 7.17. The topological polar surface area (TPSA) is 129 Å². The molecule has 4 fully saturated rings. The quantitative estimate of drug-likeness (QED) is 0.423. The van der Waals surface area contributed by atoms with E-state index < -0.39 is 17.7 Å². The summed E-state index contributed by atoms with van der Waals surface area (Å²) in [5.74, 6) is -1.44. The first-order valence-corrected chi connectivity index (χ1v) is 11.7. The van der Waals surface area contributed by atoms with Gasteiger partial charge in [-0.25, -0.2) is 15.0 Å². The van der Waals surface area contributed by atoms with Crippen LogP contribution in [0.3, 0.4) is 0 Å². The lowest BCUT2D eigenvalue weighted by atomic mass is 9.61. The highest BCUT2D eigenvalue weighted by atomic mass is 35.5. The average Bonchev–Trinajstić information content (AvgIpc) is 3.53. The lowest BCUT2D eigenvalue weighted by Gasteiger charge is -2.47. The summed E-state index contributed by atoms with van der Waals surface area (Å²) in [4.78, 5) is 25.2. The molecule has 4 saturated carbocycles. The van der Waals surface area contributed by atoms with Gasteiger partial charge in [-0.1, -0.05) is 11.6 Å².